The molecule has 0 aliphatic heterocycles. The molecule has 0 aliphatic carbocycles. The smallest absolute Gasteiger partial charge is 0.111 e. The van der Waals surface area contributed by atoms with Crippen LogP contribution < -0.4 is 0 Å². The van der Waals surface area contributed by atoms with E-state index in [0.717, 1.165) is 17.8 Å². The van der Waals surface area contributed by atoms with Gasteiger partial charge in [-0.15, -0.1) is 11.6 Å². The molecular formula is C15H22ClN3. The second-order valence-corrected chi connectivity index (χ2v) is 5.40. The highest BCUT2D eigenvalue weighted by molar-refractivity contribution is 6.17. The standard InChI is InChI=1S/C15H22ClN3/c1-4-12(5-2)11(3)19-14-7-9-17-10-13(14)18-15(19)6-8-16/h7,9-12H,4-6,8H2,1-3H3. The van der Waals surface area contributed by atoms with Gasteiger partial charge in [-0.25, -0.2) is 4.98 Å². The molecule has 2 aromatic heterocycles. The van der Waals surface area contributed by atoms with Crippen LogP contribution in [0, 0.1) is 5.92 Å². The van der Waals surface area contributed by atoms with Crippen LogP contribution in [-0.4, -0.2) is 20.4 Å². The number of aryl methyl sites for hydroxylation is 1. The number of halogens is 1. The predicted molar refractivity (Wildman–Crippen MR) is 80.7 cm³/mol. The van der Waals surface area contributed by atoms with Gasteiger partial charge in [0.25, 0.3) is 0 Å². The third kappa shape index (κ3) is 2.76. The van der Waals surface area contributed by atoms with Crippen LogP contribution in [0.2, 0.25) is 0 Å². The molecular weight excluding hydrogens is 258 g/mol. The van der Waals surface area contributed by atoms with E-state index < -0.39 is 0 Å². The zero-order valence-corrected chi connectivity index (χ0v) is 12.7. The predicted octanol–water partition coefficient (Wildman–Crippen LogP) is 4.21. The van der Waals surface area contributed by atoms with Crippen molar-refractivity contribution in [1.82, 2.24) is 14.5 Å². The molecule has 0 amide bonds. The molecule has 2 aromatic rings. The SMILES string of the molecule is CCC(CC)C(C)n1c(CCCl)nc2cnccc21. The maximum Gasteiger partial charge on any atom is 0.111 e. The van der Waals surface area contributed by atoms with E-state index >= 15 is 0 Å². The van der Waals surface area contributed by atoms with Crippen molar-refractivity contribution in [3.05, 3.63) is 24.3 Å². The van der Waals surface area contributed by atoms with Crippen LogP contribution in [0.25, 0.3) is 11.0 Å². The maximum absolute atomic E-state index is 5.92. The van der Waals surface area contributed by atoms with Gasteiger partial charge in [0, 0.05) is 24.5 Å². The molecule has 0 aliphatic rings. The Balaban J connectivity index is 2.52. The average molecular weight is 280 g/mol. The van der Waals surface area contributed by atoms with Crippen molar-refractivity contribution in [2.45, 2.75) is 46.1 Å². The highest BCUT2D eigenvalue weighted by Gasteiger charge is 2.21. The second-order valence-electron chi connectivity index (χ2n) is 5.02. The van der Waals surface area contributed by atoms with Gasteiger partial charge in [-0.2, -0.15) is 0 Å². The molecule has 1 atom stereocenters. The lowest BCUT2D eigenvalue weighted by molar-refractivity contribution is 0.333. The summed E-state index contributed by atoms with van der Waals surface area (Å²) in [4.78, 5) is 8.85. The van der Waals surface area contributed by atoms with E-state index in [1.807, 2.05) is 12.4 Å². The number of hydrogen-bond donors (Lipinski definition) is 0. The molecule has 0 bridgehead atoms. The highest BCUT2D eigenvalue weighted by atomic mass is 35.5. The monoisotopic (exact) mass is 279 g/mol. The van der Waals surface area contributed by atoms with Crippen molar-refractivity contribution in [2.24, 2.45) is 5.92 Å². The van der Waals surface area contributed by atoms with Crippen molar-refractivity contribution < 1.29 is 0 Å². The fourth-order valence-electron chi connectivity index (χ4n) is 2.90. The molecule has 3 nitrogen and oxygen atoms in total. The van der Waals surface area contributed by atoms with Gasteiger partial charge in [-0.3, -0.25) is 4.98 Å². The molecule has 0 saturated carbocycles. The largest absolute Gasteiger partial charge is 0.325 e. The van der Waals surface area contributed by atoms with Crippen LogP contribution in [-0.2, 0) is 6.42 Å². The third-order valence-electron chi connectivity index (χ3n) is 4.02. The molecule has 0 spiro atoms. The third-order valence-corrected chi connectivity index (χ3v) is 4.21. The number of hydrogen-bond acceptors (Lipinski definition) is 2. The Kier molecular flexibility index (Phi) is 4.81. The van der Waals surface area contributed by atoms with Crippen molar-refractivity contribution in [3.63, 3.8) is 0 Å². The first-order valence-electron chi connectivity index (χ1n) is 7.09. The van der Waals surface area contributed by atoms with Gasteiger partial charge < -0.3 is 4.57 Å². The molecule has 4 heteroatoms. The lowest BCUT2D eigenvalue weighted by Crippen LogP contribution is -2.18. The summed E-state index contributed by atoms with van der Waals surface area (Å²) in [5, 5.41) is 0. The number of aromatic nitrogens is 3. The summed E-state index contributed by atoms with van der Waals surface area (Å²) < 4.78 is 2.36. The minimum atomic E-state index is 0.445. The fourth-order valence-corrected chi connectivity index (χ4v) is 3.07. The van der Waals surface area contributed by atoms with Crippen molar-refractivity contribution >= 4 is 22.6 Å². The normalized spacial score (nSPS) is 13.3. The number of imidazole rings is 1. The molecule has 2 rings (SSSR count). The lowest BCUT2D eigenvalue weighted by Gasteiger charge is -2.25. The first-order chi connectivity index (χ1) is 9.22. The summed E-state index contributed by atoms with van der Waals surface area (Å²) >= 11 is 5.92. The van der Waals surface area contributed by atoms with Gasteiger partial charge in [0.15, 0.2) is 0 Å². The van der Waals surface area contributed by atoms with E-state index in [-0.39, 0.29) is 0 Å². The lowest BCUT2D eigenvalue weighted by atomic mass is 9.95. The Bertz CT molecular complexity index is 531. The molecule has 0 radical (unpaired) electrons. The topological polar surface area (TPSA) is 30.7 Å². The van der Waals surface area contributed by atoms with Gasteiger partial charge >= 0.3 is 0 Å². The molecule has 19 heavy (non-hydrogen) atoms. The van der Waals surface area contributed by atoms with Crippen LogP contribution >= 0.6 is 11.6 Å². The van der Waals surface area contributed by atoms with E-state index in [2.05, 4.69) is 36.4 Å². The van der Waals surface area contributed by atoms with Gasteiger partial charge in [0.1, 0.15) is 11.3 Å². The minimum Gasteiger partial charge on any atom is -0.325 e. The Morgan fingerprint density at radius 2 is 2.05 bits per heavy atom. The van der Waals surface area contributed by atoms with Gasteiger partial charge in [-0.05, 0) is 18.9 Å². The second kappa shape index (κ2) is 6.38. The Labute approximate surface area is 120 Å². The fraction of sp³-hybridized carbons (Fsp3) is 0.600. The minimum absolute atomic E-state index is 0.445. The quantitative estimate of drug-likeness (QED) is 0.742. The summed E-state index contributed by atoms with van der Waals surface area (Å²) in [5.41, 5.74) is 2.15. The van der Waals surface area contributed by atoms with Crippen LogP contribution in [0.5, 0.6) is 0 Å². The number of pyridine rings is 1. The van der Waals surface area contributed by atoms with Crippen LogP contribution in [0.4, 0.5) is 0 Å². The van der Waals surface area contributed by atoms with Crippen LogP contribution in [0.3, 0.4) is 0 Å². The molecule has 0 aromatic carbocycles. The first kappa shape index (κ1) is 14.3. The van der Waals surface area contributed by atoms with Gasteiger partial charge in [0.05, 0.1) is 11.7 Å². The zero-order chi connectivity index (χ0) is 13.8. The summed E-state index contributed by atoms with van der Waals surface area (Å²) in [6.45, 7) is 6.80. The number of rotatable bonds is 6. The van der Waals surface area contributed by atoms with Crippen molar-refractivity contribution in [1.29, 1.82) is 0 Å². The van der Waals surface area contributed by atoms with E-state index in [0.29, 0.717) is 17.8 Å². The summed E-state index contributed by atoms with van der Waals surface area (Å²) in [6, 6.07) is 2.50. The van der Waals surface area contributed by atoms with Crippen molar-refractivity contribution in [2.75, 3.05) is 5.88 Å². The van der Waals surface area contributed by atoms with E-state index in [4.69, 9.17) is 16.6 Å². The van der Waals surface area contributed by atoms with Crippen LogP contribution in [0.15, 0.2) is 18.5 Å². The Morgan fingerprint density at radius 1 is 1.32 bits per heavy atom. The maximum atomic E-state index is 5.92. The summed E-state index contributed by atoms with van der Waals surface area (Å²) in [5.74, 6) is 2.35. The van der Waals surface area contributed by atoms with Crippen molar-refractivity contribution in [3.8, 4) is 0 Å². The first-order valence-corrected chi connectivity index (χ1v) is 7.63. The highest BCUT2D eigenvalue weighted by Crippen LogP contribution is 2.29. The van der Waals surface area contributed by atoms with E-state index in [9.17, 15) is 0 Å². The van der Waals surface area contributed by atoms with Crippen LogP contribution in [0.1, 0.15) is 45.5 Å². The Hall–Kier alpha value is -1.09. The van der Waals surface area contributed by atoms with Gasteiger partial charge in [0.2, 0.25) is 0 Å². The Morgan fingerprint density at radius 3 is 2.68 bits per heavy atom. The molecule has 0 saturated heterocycles. The summed E-state index contributed by atoms with van der Waals surface area (Å²) in [6.07, 6.45) is 6.85. The molecule has 0 fully saturated rings. The van der Waals surface area contributed by atoms with E-state index in [1.54, 1.807) is 0 Å². The van der Waals surface area contributed by atoms with Gasteiger partial charge in [-0.1, -0.05) is 26.7 Å². The number of fused-ring (bicyclic) bond motifs is 1. The number of alkyl halides is 1. The number of nitrogens with zero attached hydrogens (tertiary/aromatic N) is 3. The van der Waals surface area contributed by atoms with E-state index in [1.165, 1.54) is 18.4 Å². The average Bonchev–Trinajstić information content (AvgIpc) is 2.78. The molecule has 1 unspecified atom stereocenters. The molecule has 0 N–H and O–H groups in total. The zero-order valence-electron chi connectivity index (χ0n) is 11.9. The molecule has 2 heterocycles. The molecule has 104 valence electrons. The summed E-state index contributed by atoms with van der Waals surface area (Å²) in [7, 11) is 0.